The van der Waals surface area contributed by atoms with E-state index in [0.29, 0.717) is 23.0 Å². The van der Waals surface area contributed by atoms with E-state index < -0.39 is 0 Å². The van der Waals surface area contributed by atoms with Gasteiger partial charge in [-0.2, -0.15) is 0 Å². The van der Waals surface area contributed by atoms with Gasteiger partial charge in [-0.25, -0.2) is 4.98 Å². The fourth-order valence-corrected chi connectivity index (χ4v) is 5.94. The first-order valence-corrected chi connectivity index (χ1v) is 11.3. The molecule has 0 saturated carbocycles. The van der Waals surface area contributed by atoms with Crippen LogP contribution in [0, 0.1) is 0 Å². The lowest BCUT2D eigenvalue weighted by atomic mass is 10.0. The molecule has 0 bridgehead atoms. The van der Waals surface area contributed by atoms with Crippen molar-refractivity contribution in [2.24, 2.45) is 0 Å². The third kappa shape index (κ3) is 3.10. The molecule has 0 unspecified atom stereocenters. The van der Waals surface area contributed by atoms with Crippen LogP contribution in [0.25, 0.3) is 21.3 Å². The number of aromatic amines is 1. The molecule has 1 aliphatic rings. The van der Waals surface area contributed by atoms with E-state index in [4.69, 9.17) is 16.6 Å². The Morgan fingerprint density at radius 3 is 2.89 bits per heavy atom. The molecule has 4 aromatic rings. The van der Waals surface area contributed by atoms with Gasteiger partial charge in [0, 0.05) is 33.4 Å². The number of halogens is 1. The molecule has 1 atom stereocenters. The first-order chi connectivity index (χ1) is 13.6. The fourth-order valence-electron chi connectivity index (χ4n) is 3.88. The molecule has 4 nitrogen and oxygen atoms in total. The van der Waals surface area contributed by atoms with Gasteiger partial charge in [-0.05, 0) is 48.1 Å². The van der Waals surface area contributed by atoms with Crippen molar-refractivity contribution in [2.75, 3.05) is 6.54 Å². The van der Waals surface area contributed by atoms with Crippen molar-refractivity contribution in [1.82, 2.24) is 14.9 Å². The molecule has 28 heavy (non-hydrogen) atoms. The van der Waals surface area contributed by atoms with Crippen molar-refractivity contribution in [3.05, 3.63) is 72.7 Å². The highest BCUT2D eigenvalue weighted by atomic mass is 35.5. The number of fused-ring (bicyclic) bond motifs is 2. The highest BCUT2D eigenvalue weighted by molar-refractivity contribution is 7.17. The normalized spacial score (nSPS) is 17.1. The molecular formula is C21H18ClN3OS2. The number of hydrogen-bond acceptors (Lipinski definition) is 5. The van der Waals surface area contributed by atoms with Gasteiger partial charge in [0.25, 0.3) is 5.56 Å². The number of nitrogens with zero attached hydrogens (tertiary/aromatic N) is 2. The Morgan fingerprint density at radius 2 is 2.07 bits per heavy atom. The molecule has 0 amide bonds. The molecule has 142 valence electrons. The average molecular weight is 428 g/mol. The summed E-state index contributed by atoms with van der Waals surface area (Å²) in [5, 5.41) is 5.51. The lowest BCUT2D eigenvalue weighted by Crippen LogP contribution is -2.33. The number of hydrogen-bond donors (Lipinski definition) is 1. The van der Waals surface area contributed by atoms with E-state index in [1.165, 1.54) is 21.8 Å². The van der Waals surface area contributed by atoms with Crippen LogP contribution in [-0.4, -0.2) is 21.4 Å². The standard InChI is InChI=1S/C21H18ClN3OS2/c1-12-15-7-9-27-17(15)6-8-25(12)10-18-23-20(26)19-16(11-28-21(19)24-18)13-2-4-14(22)5-3-13/h2-5,7,9,11-12H,6,8,10H2,1H3,(H,23,24,26)/t12-/m1/s1. The SMILES string of the molecule is C[C@@H]1c2ccsc2CCN1Cc1nc2scc(-c3ccc(Cl)cc3)c2c(=O)[nH]1. The lowest BCUT2D eigenvalue weighted by Gasteiger charge is -2.33. The topological polar surface area (TPSA) is 49.0 Å². The predicted octanol–water partition coefficient (Wildman–Crippen LogP) is 5.49. The van der Waals surface area contributed by atoms with Gasteiger partial charge in [0.2, 0.25) is 0 Å². The number of rotatable bonds is 3. The zero-order valence-electron chi connectivity index (χ0n) is 15.2. The van der Waals surface area contributed by atoms with Crippen LogP contribution in [0.15, 0.2) is 45.9 Å². The van der Waals surface area contributed by atoms with Gasteiger partial charge in [-0.1, -0.05) is 23.7 Å². The smallest absolute Gasteiger partial charge is 0.260 e. The van der Waals surface area contributed by atoms with E-state index in [9.17, 15) is 4.79 Å². The van der Waals surface area contributed by atoms with Gasteiger partial charge in [0.15, 0.2) is 0 Å². The van der Waals surface area contributed by atoms with E-state index in [0.717, 1.165) is 34.7 Å². The molecule has 0 radical (unpaired) electrons. The number of thiophene rings is 2. The molecule has 1 aliphatic heterocycles. The summed E-state index contributed by atoms with van der Waals surface area (Å²) < 4.78 is 0. The third-order valence-corrected chi connectivity index (χ3v) is 7.53. The number of benzene rings is 1. The Bertz CT molecular complexity index is 1210. The summed E-state index contributed by atoms with van der Waals surface area (Å²) in [6.07, 6.45) is 1.06. The van der Waals surface area contributed by atoms with E-state index >= 15 is 0 Å². The number of H-pyrrole nitrogens is 1. The molecule has 0 saturated heterocycles. The fraction of sp³-hybridized carbons (Fsp3) is 0.238. The molecule has 0 fully saturated rings. The molecule has 3 aromatic heterocycles. The highest BCUT2D eigenvalue weighted by Crippen LogP contribution is 2.34. The maximum atomic E-state index is 12.9. The van der Waals surface area contributed by atoms with Gasteiger partial charge in [-0.3, -0.25) is 9.69 Å². The zero-order valence-corrected chi connectivity index (χ0v) is 17.6. The van der Waals surface area contributed by atoms with Gasteiger partial charge in [0.1, 0.15) is 10.7 Å². The summed E-state index contributed by atoms with van der Waals surface area (Å²) in [4.78, 5) is 25.3. The molecule has 0 spiro atoms. The highest BCUT2D eigenvalue weighted by Gasteiger charge is 2.25. The first kappa shape index (κ1) is 18.1. The van der Waals surface area contributed by atoms with Crippen LogP contribution < -0.4 is 5.56 Å². The maximum Gasteiger partial charge on any atom is 0.260 e. The molecular weight excluding hydrogens is 410 g/mol. The first-order valence-electron chi connectivity index (χ1n) is 9.17. The molecule has 0 aliphatic carbocycles. The molecule has 4 heterocycles. The van der Waals surface area contributed by atoms with Crippen molar-refractivity contribution < 1.29 is 0 Å². The largest absolute Gasteiger partial charge is 0.309 e. The summed E-state index contributed by atoms with van der Waals surface area (Å²) in [5.74, 6) is 0.729. The van der Waals surface area contributed by atoms with Crippen LogP contribution in [-0.2, 0) is 13.0 Å². The summed E-state index contributed by atoms with van der Waals surface area (Å²) in [6.45, 7) is 3.86. The van der Waals surface area contributed by atoms with E-state index in [-0.39, 0.29) is 5.56 Å². The van der Waals surface area contributed by atoms with Gasteiger partial charge < -0.3 is 4.98 Å². The van der Waals surface area contributed by atoms with Crippen LogP contribution in [0.1, 0.15) is 29.2 Å². The van der Waals surface area contributed by atoms with Crippen molar-refractivity contribution in [3.63, 3.8) is 0 Å². The van der Waals surface area contributed by atoms with Crippen LogP contribution >= 0.6 is 34.3 Å². The summed E-state index contributed by atoms with van der Waals surface area (Å²) in [6, 6.07) is 10.1. The second-order valence-electron chi connectivity index (χ2n) is 7.04. The Balaban J connectivity index is 1.48. The minimum Gasteiger partial charge on any atom is -0.309 e. The Hall–Kier alpha value is -1.99. The maximum absolute atomic E-state index is 12.9. The number of nitrogens with one attached hydrogen (secondary N) is 1. The molecule has 1 aromatic carbocycles. The Labute approximate surface area is 175 Å². The predicted molar refractivity (Wildman–Crippen MR) is 118 cm³/mol. The summed E-state index contributed by atoms with van der Waals surface area (Å²) in [7, 11) is 0. The molecule has 5 rings (SSSR count). The molecule has 1 N–H and O–H groups in total. The average Bonchev–Trinajstić information content (AvgIpc) is 3.32. The van der Waals surface area contributed by atoms with Crippen molar-refractivity contribution >= 4 is 44.5 Å². The van der Waals surface area contributed by atoms with Gasteiger partial charge >= 0.3 is 0 Å². The van der Waals surface area contributed by atoms with Gasteiger partial charge in [0.05, 0.1) is 11.9 Å². The third-order valence-electron chi connectivity index (χ3n) is 5.40. The van der Waals surface area contributed by atoms with E-state index in [1.54, 1.807) is 0 Å². The van der Waals surface area contributed by atoms with Crippen molar-refractivity contribution in [2.45, 2.75) is 25.9 Å². The van der Waals surface area contributed by atoms with Crippen LogP contribution in [0.4, 0.5) is 0 Å². The minimum absolute atomic E-state index is 0.0768. The van der Waals surface area contributed by atoms with Gasteiger partial charge in [-0.15, -0.1) is 22.7 Å². The summed E-state index contributed by atoms with van der Waals surface area (Å²) >= 11 is 9.34. The van der Waals surface area contributed by atoms with Crippen LogP contribution in [0.5, 0.6) is 0 Å². The second kappa shape index (κ2) is 7.12. The summed E-state index contributed by atoms with van der Waals surface area (Å²) in [5.41, 5.74) is 3.21. The molecule has 7 heteroatoms. The van der Waals surface area contributed by atoms with Crippen LogP contribution in [0.2, 0.25) is 5.02 Å². The van der Waals surface area contributed by atoms with Crippen LogP contribution in [0.3, 0.4) is 0 Å². The monoisotopic (exact) mass is 427 g/mol. The number of aromatic nitrogens is 2. The minimum atomic E-state index is -0.0768. The Kier molecular flexibility index (Phi) is 4.59. The van der Waals surface area contributed by atoms with Crippen molar-refractivity contribution in [3.8, 4) is 11.1 Å². The van der Waals surface area contributed by atoms with E-state index in [2.05, 4.69) is 28.3 Å². The Morgan fingerprint density at radius 1 is 1.25 bits per heavy atom. The van der Waals surface area contributed by atoms with Crippen molar-refractivity contribution in [1.29, 1.82) is 0 Å². The van der Waals surface area contributed by atoms with E-state index in [1.807, 2.05) is 41.0 Å². The second-order valence-corrected chi connectivity index (χ2v) is 9.34. The quantitative estimate of drug-likeness (QED) is 0.470. The lowest BCUT2D eigenvalue weighted by molar-refractivity contribution is 0.186. The zero-order chi connectivity index (χ0) is 19.3.